The third kappa shape index (κ3) is 4.94. The molecule has 0 bridgehead atoms. The highest BCUT2D eigenvalue weighted by atomic mass is 14.7. The zero-order valence-electron chi connectivity index (χ0n) is 20.2. The van der Waals surface area contributed by atoms with E-state index in [1.807, 2.05) is 0 Å². The van der Waals surface area contributed by atoms with E-state index in [1.165, 1.54) is 18.4 Å². The molecule has 1 heterocycles. The predicted octanol–water partition coefficient (Wildman–Crippen LogP) is 6.81. The highest BCUT2D eigenvalue weighted by molar-refractivity contribution is 5.25. The number of nitrogens with zero attached hydrogens (tertiary/aromatic N) is 1. The van der Waals surface area contributed by atoms with Crippen LogP contribution in [0, 0.1) is 5.92 Å². The van der Waals surface area contributed by atoms with Gasteiger partial charge in [-0.2, -0.15) is 0 Å². The van der Waals surface area contributed by atoms with Crippen LogP contribution in [0.15, 0.2) is 29.3 Å². The van der Waals surface area contributed by atoms with Gasteiger partial charge in [0.2, 0.25) is 0 Å². The summed E-state index contributed by atoms with van der Waals surface area (Å²) in [5, 5.41) is 0. The molecule has 0 amide bonds. The quantitative estimate of drug-likeness (QED) is 0.522. The summed E-state index contributed by atoms with van der Waals surface area (Å²) in [5.41, 5.74) is 2.66. The van der Waals surface area contributed by atoms with Crippen molar-refractivity contribution in [3.63, 3.8) is 0 Å². The van der Waals surface area contributed by atoms with Gasteiger partial charge in [-0.25, -0.2) is 0 Å². The molecular weight excluding hydrogens is 290 g/mol. The first-order valence-electron chi connectivity index (χ1n) is 12.6. The average molecular weight is 331 g/mol. The van der Waals surface area contributed by atoms with Crippen molar-refractivity contribution in [2.45, 2.75) is 96.8 Å². The fraction of sp³-hybridized carbons (Fsp3) is 0.696. The van der Waals surface area contributed by atoms with Gasteiger partial charge in [0, 0.05) is 20.5 Å². The molecule has 0 atom stereocenters. The largest absolute Gasteiger partial charge is 0.258 e. The molecule has 2 aliphatic carbocycles. The maximum Gasteiger partial charge on any atom is 0.0642 e. The van der Waals surface area contributed by atoms with Gasteiger partial charge in [-0.05, 0) is 69.4 Å². The summed E-state index contributed by atoms with van der Waals surface area (Å²) in [5.74, 6) is 0.219. The van der Waals surface area contributed by atoms with Crippen molar-refractivity contribution in [1.29, 1.82) is 0 Å². The molecule has 0 unspecified atom stereocenters. The van der Waals surface area contributed by atoms with Crippen molar-refractivity contribution in [2.75, 3.05) is 0 Å². The molecule has 1 nitrogen and oxygen atoms in total. The van der Waals surface area contributed by atoms with Crippen LogP contribution in [0.1, 0.15) is 102 Å². The van der Waals surface area contributed by atoms with Crippen LogP contribution in [0.4, 0.5) is 0 Å². The Labute approximate surface area is 156 Å². The first-order valence-corrected chi connectivity index (χ1v) is 10.1. The van der Waals surface area contributed by atoms with E-state index in [4.69, 9.17) is 6.85 Å². The summed E-state index contributed by atoms with van der Waals surface area (Å²) in [6.45, 7) is 2.07. The molecule has 0 spiro atoms. The molecule has 3 rings (SSSR count). The molecular formula is C23H35N. The zero-order chi connectivity index (χ0) is 21.0. The molecule has 2 fully saturated rings. The lowest BCUT2D eigenvalue weighted by molar-refractivity contribution is 0.390. The minimum Gasteiger partial charge on any atom is -0.258 e. The Morgan fingerprint density at radius 2 is 1.79 bits per heavy atom. The minimum absolute atomic E-state index is 0.00691. The fourth-order valence-corrected chi connectivity index (χ4v) is 4.12. The fourth-order valence-electron chi connectivity index (χ4n) is 4.12. The average Bonchev–Trinajstić information content (AvgIpc) is 2.73. The molecule has 0 N–H and O–H groups in total. The molecule has 1 aromatic rings. The van der Waals surface area contributed by atoms with Crippen LogP contribution in [0.25, 0.3) is 0 Å². The van der Waals surface area contributed by atoms with Crippen LogP contribution < -0.4 is 0 Å². The lowest BCUT2D eigenvalue weighted by Gasteiger charge is -2.29. The molecule has 2 saturated carbocycles. The molecule has 2 aliphatic rings. The van der Waals surface area contributed by atoms with Gasteiger partial charge in [0.25, 0.3) is 0 Å². The summed E-state index contributed by atoms with van der Waals surface area (Å²) < 4.78 is 43.3. The summed E-state index contributed by atoms with van der Waals surface area (Å²) in [6, 6.07) is -0.390. The highest BCUT2D eigenvalue weighted by Crippen LogP contribution is 2.37. The number of allylic oxidation sites excluding steroid dienone is 2. The van der Waals surface area contributed by atoms with E-state index in [1.54, 1.807) is 0 Å². The van der Waals surface area contributed by atoms with Crippen molar-refractivity contribution >= 4 is 0 Å². The first-order chi connectivity index (χ1) is 13.9. The number of pyridine rings is 1. The Kier molecular flexibility index (Phi) is 4.80. The van der Waals surface area contributed by atoms with Gasteiger partial charge >= 0.3 is 0 Å². The number of unbranched alkanes of at least 4 members (excludes halogenated alkanes) is 1. The number of hydrogen-bond acceptors (Lipinski definition) is 1. The molecule has 1 aromatic heterocycles. The smallest absolute Gasteiger partial charge is 0.0642 e. The second-order valence-corrected chi connectivity index (χ2v) is 7.42. The summed E-state index contributed by atoms with van der Waals surface area (Å²) in [4.78, 5) is 4.55. The minimum atomic E-state index is -1.84. The highest BCUT2D eigenvalue weighted by Gasteiger charge is 2.22. The Morgan fingerprint density at radius 3 is 2.54 bits per heavy atom. The van der Waals surface area contributed by atoms with E-state index in [0.29, 0.717) is 12.1 Å². The van der Waals surface area contributed by atoms with E-state index in [2.05, 4.69) is 11.9 Å². The van der Waals surface area contributed by atoms with Gasteiger partial charge in [-0.3, -0.25) is 4.98 Å². The van der Waals surface area contributed by atoms with Crippen LogP contribution >= 0.6 is 0 Å². The van der Waals surface area contributed by atoms with Crippen LogP contribution in [-0.2, 0) is 12.8 Å². The SMILES string of the molecule is [2H]c1c(CCCC)nc(C([2H])([2H])C(=C2CCCCC2)C2CCCCC2)c([2H])c1[2H]. The van der Waals surface area contributed by atoms with Gasteiger partial charge in [-0.15, -0.1) is 0 Å². The number of rotatable bonds is 6. The summed E-state index contributed by atoms with van der Waals surface area (Å²) >= 11 is 0. The van der Waals surface area contributed by atoms with Gasteiger partial charge < -0.3 is 0 Å². The zero-order valence-corrected chi connectivity index (χ0v) is 15.2. The van der Waals surface area contributed by atoms with Gasteiger partial charge in [0.1, 0.15) is 0 Å². The van der Waals surface area contributed by atoms with Gasteiger partial charge in [-0.1, -0.05) is 56.2 Å². The van der Waals surface area contributed by atoms with Gasteiger partial charge in [0.15, 0.2) is 0 Å². The molecule has 1 heteroatoms. The normalized spacial score (nSPS) is 23.0. The lowest BCUT2D eigenvalue weighted by atomic mass is 9.77. The number of aryl methyl sites for hydroxylation is 1. The van der Waals surface area contributed by atoms with Crippen LogP contribution in [0.2, 0.25) is 0 Å². The molecule has 132 valence electrons. The van der Waals surface area contributed by atoms with Crippen molar-refractivity contribution in [3.8, 4) is 0 Å². The first kappa shape index (κ1) is 12.3. The van der Waals surface area contributed by atoms with Crippen molar-refractivity contribution in [3.05, 3.63) is 40.7 Å². The van der Waals surface area contributed by atoms with Crippen LogP contribution in [-0.4, -0.2) is 4.98 Å². The topological polar surface area (TPSA) is 12.9 Å². The van der Waals surface area contributed by atoms with Gasteiger partial charge in [0.05, 0.1) is 4.11 Å². The summed E-state index contributed by atoms with van der Waals surface area (Å²) in [7, 11) is 0. The Morgan fingerprint density at radius 1 is 1.08 bits per heavy atom. The monoisotopic (exact) mass is 330 g/mol. The van der Waals surface area contributed by atoms with Crippen LogP contribution in [0.5, 0.6) is 0 Å². The molecule has 24 heavy (non-hydrogen) atoms. The van der Waals surface area contributed by atoms with E-state index >= 15 is 0 Å². The molecule has 0 aliphatic heterocycles. The van der Waals surface area contributed by atoms with E-state index in [0.717, 1.165) is 69.8 Å². The second kappa shape index (κ2) is 9.39. The Bertz CT molecular complexity index is 742. The third-order valence-corrected chi connectivity index (χ3v) is 5.51. The van der Waals surface area contributed by atoms with Crippen molar-refractivity contribution in [2.24, 2.45) is 5.92 Å². The van der Waals surface area contributed by atoms with E-state index in [9.17, 15) is 0 Å². The number of hydrogen-bond donors (Lipinski definition) is 0. The van der Waals surface area contributed by atoms with Crippen LogP contribution in [0.3, 0.4) is 0 Å². The third-order valence-electron chi connectivity index (χ3n) is 5.51. The van der Waals surface area contributed by atoms with E-state index < -0.39 is 6.37 Å². The predicted molar refractivity (Wildman–Crippen MR) is 103 cm³/mol. The lowest BCUT2D eigenvalue weighted by Crippen LogP contribution is -2.15. The number of aromatic nitrogens is 1. The maximum atomic E-state index is 9.16. The second-order valence-electron chi connectivity index (χ2n) is 7.42. The summed E-state index contributed by atoms with van der Waals surface area (Å²) in [6.07, 6.45) is 11.4. The van der Waals surface area contributed by atoms with E-state index in [-0.39, 0.29) is 29.7 Å². The Balaban J connectivity index is 2.11. The molecule has 0 aromatic carbocycles. The molecule has 0 saturated heterocycles. The molecule has 0 radical (unpaired) electrons. The maximum absolute atomic E-state index is 9.16. The van der Waals surface area contributed by atoms with Crippen molar-refractivity contribution < 1.29 is 6.85 Å². The van der Waals surface area contributed by atoms with Crippen molar-refractivity contribution in [1.82, 2.24) is 4.98 Å². The standard InChI is InChI=1S/C23H35N/c1-2-3-15-21-16-10-17-22(24-21)18-23(19-11-6-4-7-12-19)20-13-8-5-9-14-20/h10,16-17,19H,2-9,11-15,18H2,1H3/i10D,16D,17D,18D2. The Hall–Kier alpha value is -1.11.